The minimum Gasteiger partial charge on any atom is -0.326 e. The van der Waals surface area contributed by atoms with Gasteiger partial charge in [-0.05, 0) is 49.4 Å². The van der Waals surface area contributed by atoms with Gasteiger partial charge in [-0.2, -0.15) is 0 Å². The van der Waals surface area contributed by atoms with E-state index in [0.717, 1.165) is 24.9 Å². The molecule has 0 spiro atoms. The zero-order valence-electron chi connectivity index (χ0n) is 12.5. The van der Waals surface area contributed by atoms with Gasteiger partial charge >= 0.3 is 0 Å². The summed E-state index contributed by atoms with van der Waals surface area (Å²) in [5.41, 5.74) is 1.46. The molecule has 2 heterocycles. The van der Waals surface area contributed by atoms with Crippen LogP contribution in [-0.4, -0.2) is 24.4 Å². The molecule has 1 fully saturated rings. The van der Waals surface area contributed by atoms with Crippen LogP contribution in [-0.2, 0) is 16.0 Å². The van der Waals surface area contributed by atoms with Crippen molar-refractivity contribution in [3.8, 4) is 0 Å². The first-order valence-electron chi connectivity index (χ1n) is 7.69. The molecule has 2 aliphatic rings. The molecule has 6 heteroatoms. The molecule has 3 rings (SSSR count). The first-order valence-corrected chi connectivity index (χ1v) is 7.69. The average Bonchev–Trinajstić information content (AvgIpc) is 2.48. The smallest absolute Gasteiger partial charge is 0.241 e. The fourth-order valence-electron chi connectivity index (χ4n) is 3.02. The Morgan fingerprint density at radius 2 is 2.18 bits per heavy atom. The summed E-state index contributed by atoms with van der Waals surface area (Å²) in [4.78, 5) is 23.7. The van der Waals surface area contributed by atoms with E-state index in [-0.39, 0.29) is 23.5 Å². The predicted molar refractivity (Wildman–Crippen MR) is 82.2 cm³/mol. The number of hydrogen-bond acceptors (Lipinski definition) is 3. The monoisotopic (exact) mass is 305 g/mol. The van der Waals surface area contributed by atoms with Crippen molar-refractivity contribution < 1.29 is 14.0 Å². The van der Waals surface area contributed by atoms with Crippen LogP contribution in [0.2, 0.25) is 0 Å². The van der Waals surface area contributed by atoms with Gasteiger partial charge in [0.25, 0.3) is 0 Å². The molecule has 2 aliphatic heterocycles. The molecule has 118 valence electrons. The zero-order chi connectivity index (χ0) is 15.7. The predicted octanol–water partition coefficient (Wildman–Crippen LogP) is 2.04. The van der Waals surface area contributed by atoms with E-state index in [1.165, 1.54) is 12.1 Å². The van der Waals surface area contributed by atoms with Crippen molar-refractivity contribution in [3.63, 3.8) is 0 Å². The quantitative estimate of drug-likeness (QED) is 0.783. The molecule has 0 aromatic heterocycles. The summed E-state index contributed by atoms with van der Waals surface area (Å²) in [5.74, 6) is -0.302. The number of anilines is 2. The van der Waals surface area contributed by atoms with E-state index in [1.807, 2.05) is 0 Å². The van der Waals surface area contributed by atoms with Crippen LogP contribution in [0.4, 0.5) is 15.8 Å². The van der Waals surface area contributed by atoms with Crippen LogP contribution in [0.25, 0.3) is 0 Å². The van der Waals surface area contributed by atoms with E-state index in [1.54, 1.807) is 0 Å². The molecular formula is C16H20FN3O2. The molecule has 5 nitrogen and oxygen atoms in total. The first-order chi connectivity index (χ1) is 10.5. The summed E-state index contributed by atoms with van der Waals surface area (Å²) in [6.45, 7) is 2.90. The lowest BCUT2D eigenvalue weighted by atomic mass is 9.94. The van der Waals surface area contributed by atoms with Gasteiger partial charge in [-0.15, -0.1) is 0 Å². The van der Waals surface area contributed by atoms with Crippen molar-refractivity contribution in [2.45, 2.75) is 38.6 Å². The van der Waals surface area contributed by atoms with Crippen LogP contribution in [0.1, 0.15) is 31.7 Å². The van der Waals surface area contributed by atoms with Gasteiger partial charge in [0, 0.05) is 12.1 Å². The molecule has 3 N–H and O–H groups in total. The number of piperidine rings is 1. The highest BCUT2D eigenvalue weighted by atomic mass is 19.1. The topological polar surface area (TPSA) is 70.2 Å². The maximum Gasteiger partial charge on any atom is 0.241 e. The summed E-state index contributed by atoms with van der Waals surface area (Å²) in [6, 6.07) is 2.60. The number of aryl methyl sites for hydroxylation is 1. The average molecular weight is 305 g/mol. The van der Waals surface area contributed by atoms with E-state index in [4.69, 9.17) is 0 Å². The number of rotatable bonds is 2. The summed E-state index contributed by atoms with van der Waals surface area (Å²) in [5, 5.41) is 8.51. The molecule has 2 atom stereocenters. The van der Waals surface area contributed by atoms with E-state index >= 15 is 0 Å². The summed E-state index contributed by atoms with van der Waals surface area (Å²) < 4.78 is 14.1. The molecule has 1 saturated heterocycles. The van der Waals surface area contributed by atoms with Crippen LogP contribution in [0.3, 0.4) is 0 Å². The minimum atomic E-state index is -0.466. The van der Waals surface area contributed by atoms with Crippen molar-refractivity contribution in [2.24, 2.45) is 5.92 Å². The van der Waals surface area contributed by atoms with Crippen LogP contribution < -0.4 is 16.0 Å². The summed E-state index contributed by atoms with van der Waals surface area (Å²) in [7, 11) is 0. The zero-order valence-corrected chi connectivity index (χ0v) is 12.5. The second-order valence-corrected chi connectivity index (χ2v) is 6.16. The molecule has 22 heavy (non-hydrogen) atoms. The van der Waals surface area contributed by atoms with Gasteiger partial charge in [0.15, 0.2) is 0 Å². The van der Waals surface area contributed by atoms with Crippen molar-refractivity contribution in [2.75, 3.05) is 17.2 Å². The largest absolute Gasteiger partial charge is 0.326 e. The van der Waals surface area contributed by atoms with Gasteiger partial charge in [0.2, 0.25) is 11.8 Å². The number of benzene rings is 1. The summed E-state index contributed by atoms with van der Waals surface area (Å²) in [6.07, 6.45) is 2.67. The minimum absolute atomic E-state index is 0.0841. The molecule has 0 bridgehead atoms. The second kappa shape index (κ2) is 6.04. The number of carbonyl (C=O) groups excluding carboxylic acids is 2. The second-order valence-electron chi connectivity index (χ2n) is 6.16. The van der Waals surface area contributed by atoms with Crippen LogP contribution in [0.15, 0.2) is 12.1 Å². The molecule has 1 aromatic rings. The SMILES string of the molecule is CC1CCNC(C(=O)Nc2cc3c(cc2F)CCC(=O)N3)C1. The molecule has 0 radical (unpaired) electrons. The van der Waals surface area contributed by atoms with Gasteiger partial charge in [0.05, 0.1) is 11.7 Å². The molecule has 0 saturated carbocycles. The Bertz CT molecular complexity index is 618. The van der Waals surface area contributed by atoms with Gasteiger partial charge in [0.1, 0.15) is 5.82 Å². The van der Waals surface area contributed by atoms with Crippen molar-refractivity contribution in [1.29, 1.82) is 0 Å². The molecule has 2 unspecified atom stereocenters. The Morgan fingerprint density at radius 3 is 2.95 bits per heavy atom. The molecule has 0 aliphatic carbocycles. The Kier molecular flexibility index (Phi) is 4.11. The lowest BCUT2D eigenvalue weighted by Crippen LogP contribution is -2.45. The van der Waals surface area contributed by atoms with E-state index in [9.17, 15) is 14.0 Å². The fourth-order valence-corrected chi connectivity index (χ4v) is 3.02. The summed E-state index contributed by atoms with van der Waals surface area (Å²) >= 11 is 0. The highest BCUT2D eigenvalue weighted by molar-refractivity contribution is 5.98. The third kappa shape index (κ3) is 3.11. The van der Waals surface area contributed by atoms with Crippen LogP contribution in [0.5, 0.6) is 0 Å². The van der Waals surface area contributed by atoms with Gasteiger partial charge in [-0.25, -0.2) is 4.39 Å². The number of nitrogens with one attached hydrogen (secondary N) is 3. The Hall–Kier alpha value is -1.95. The Morgan fingerprint density at radius 1 is 1.36 bits per heavy atom. The van der Waals surface area contributed by atoms with Crippen molar-refractivity contribution >= 4 is 23.2 Å². The van der Waals surface area contributed by atoms with E-state index < -0.39 is 5.82 Å². The number of carbonyl (C=O) groups is 2. The van der Waals surface area contributed by atoms with Crippen LogP contribution >= 0.6 is 0 Å². The Balaban J connectivity index is 1.76. The lowest BCUT2D eigenvalue weighted by molar-refractivity contribution is -0.119. The van der Waals surface area contributed by atoms with E-state index in [2.05, 4.69) is 22.9 Å². The highest BCUT2D eigenvalue weighted by Crippen LogP contribution is 2.29. The maximum atomic E-state index is 14.1. The third-order valence-corrected chi connectivity index (χ3v) is 4.33. The van der Waals surface area contributed by atoms with Gasteiger partial charge in [-0.1, -0.05) is 6.92 Å². The standard InChI is InChI=1S/C16H20FN3O2/c1-9-4-5-18-14(6-9)16(22)20-13-8-12-10(7-11(13)17)2-3-15(21)19-12/h7-9,14,18H,2-6H2,1H3,(H,19,21)(H,20,22). The number of fused-ring (bicyclic) bond motifs is 1. The number of amides is 2. The Labute approximate surface area is 128 Å². The number of halogens is 1. The third-order valence-electron chi connectivity index (χ3n) is 4.33. The van der Waals surface area contributed by atoms with Crippen molar-refractivity contribution in [3.05, 3.63) is 23.5 Å². The van der Waals surface area contributed by atoms with Crippen molar-refractivity contribution in [1.82, 2.24) is 5.32 Å². The van der Waals surface area contributed by atoms with Gasteiger partial charge in [-0.3, -0.25) is 9.59 Å². The number of hydrogen-bond donors (Lipinski definition) is 3. The molecule has 1 aromatic carbocycles. The first kappa shape index (κ1) is 15.0. The fraction of sp³-hybridized carbons (Fsp3) is 0.500. The molecule has 2 amide bonds. The lowest BCUT2D eigenvalue weighted by Gasteiger charge is -2.27. The molecular weight excluding hydrogens is 285 g/mol. The van der Waals surface area contributed by atoms with Gasteiger partial charge < -0.3 is 16.0 Å². The normalized spacial score (nSPS) is 24.4. The van der Waals surface area contributed by atoms with Crippen LogP contribution in [0, 0.1) is 11.7 Å². The van der Waals surface area contributed by atoms with E-state index in [0.29, 0.717) is 24.4 Å². The highest BCUT2D eigenvalue weighted by Gasteiger charge is 2.26. The maximum absolute atomic E-state index is 14.1.